The Bertz CT molecular complexity index is 396. The second-order valence-electron chi connectivity index (χ2n) is 5.05. The zero-order valence-electron chi connectivity index (χ0n) is 10.4. The van der Waals surface area contributed by atoms with Gasteiger partial charge in [0.1, 0.15) is 5.60 Å². The van der Waals surface area contributed by atoms with Crippen molar-refractivity contribution in [3.05, 3.63) is 11.8 Å². The van der Waals surface area contributed by atoms with Crippen molar-refractivity contribution in [2.75, 3.05) is 11.9 Å². The van der Waals surface area contributed by atoms with Crippen molar-refractivity contribution < 1.29 is 9.53 Å². The lowest BCUT2D eigenvalue weighted by Crippen LogP contribution is -2.28. The van der Waals surface area contributed by atoms with Gasteiger partial charge in [-0.25, -0.2) is 4.79 Å². The summed E-state index contributed by atoms with van der Waals surface area (Å²) in [6, 6.07) is 1.86. The Balaban J connectivity index is 1.99. The number of fused-ring (bicyclic) bond motifs is 1. The molecule has 0 unspecified atom stereocenters. The van der Waals surface area contributed by atoms with Crippen LogP contribution in [-0.2, 0) is 17.8 Å². The van der Waals surface area contributed by atoms with Crippen LogP contribution in [0.3, 0.4) is 0 Å². The molecule has 0 aliphatic carbocycles. The molecule has 2 rings (SSSR count). The Morgan fingerprint density at radius 2 is 2.35 bits per heavy atom. The number of hydrogen-bond donors (Lipinski definition) is 2. The number of carbonyl (C=O) groups is 1. The van der Waals surface area contributed by atoms with Crippen LogP contribution >= 0.6 is 0 Å². The Kier molecular flexibility index (Phi) is 3.06. The van der Waals surface area contributed by atoms with Crippen LogP contribution in [0.1, 0.15) is 26.5 Å². The van der Waals surface area contributed by atoms with E-state index >= 15 is 0 Å². The van der Waals surface area contributed by atoms with Gasteiger partial charge in [0.05, 0.1) is 12.2 Å². The molecule has 0 fully saturated rings. The summed E-state index contributed by atoms with van der Waals surface area (Å²) in [6.45, 7) is 7.99. The third kappa shape index (κ3) is 3.20. The number of carbonyl (C=O) groups excluding carboxylic acids is 1. The van der Waals surface area contributed by atoms with E-state index in [0.29, 0.717) is 5.82 Å². The molecule has 2 heterocycles. The fraction of sp³-hybridized carbons (Fsp3) is 0.636. The maximum absolute atomic E-state index is 11.5. The smallest absolute Gasteiger partial charge is 0.413 e. The minimum absolute atomic E-state index is 0.471. The first kappa shape index (κ1) is 11.9. The highest BCUT2D eigenvalue weighted by molar-refractivity contribution is 5.83. The van der Waals surface area contributed by atoms with Crippen molar-refractivity contribution in [3.63, 3.8) is 0 Å². The van der Waals surface area contributed by atoms with E-state index in [2.05, 4.69) is 15.7 Å². The average molecular weight is 238 g/mol. The Morgan fingerprint density at radius 1 is 1.59 bits per heavy atom. The summed E-state index contributed by atoms with van der Waals surface area (Å²) < 4.78 is 7.05. The first-order valence-corrected chi connectivity index (χ1v) is 5.71. The lowest BCUT2D eigenvalue weighted by atomic mass is 10.2. The predicted octanol–water partition coefficient (Wildman–Crippen LogP) is 1.33. The van der Waals surface area contributed by atoms with Gasteiger partial charge in [-0.2, -0.15) is 5.10 Å². The topological polar surface area (TPSA) is 68.2 Å². The summed E-state index contributed by atoms with van der Waals surface area (Å²) in [7, 11) is 0. The maximum Gasteiger partial charge on any atom is 0.413 e. The highest BCUT2D eigenvalue weighted by atomic mass is 16.6. The molecule has 1 aromatic heterocycles. The summed E-state index contributed by atoms with van der Waals surface area (Å²) in [5.74, 6) is 0.540. The van der Waals surface area contributed by atoms with Gasteiger partial charge >= 0.3 is 6.09 Å². The largest absolute Gasteiger partial charge is 0.444 e. The number of nitrogens with zero attached hydrogens (tertiary/aromatic N) is 2. The number of anilines is 1. The summed E-state index contributed by atoms with van der Waals surface area (Å²) in [5.41, 5.74) is 0.577. The summed E-state index contributed by atoms with van der Waals surface area (Å²) in [5, 5.41) is 10.2. The fourth-order valence-corrected chi connectivity index (χ4v) is 1.66. The highest BCUT2D eigenvalue weighted by Crippen LogP contribution is 2.14. The number of hydrogen-bond acceptors (Lipinski definition) is 4. The zero-order chi connectivity index (χ0) is 12.5. The van der Waals surface area contributed by atoms with Gasteiger partial charge in [0.2, 0.25) is 0 Å². The van der Waals surface area contributed by atoms with Crippen LogP contribution in [0.5, 0.6) is 0 Å². The first-order chi connectivity index (χ1) is 7.94. The van der Waals surface area contributed by atoms with E-state index in [9.17, 15) is 4.79 Å². The molecule has 0 aromatic carbocycles. The van der Waals surface area contributed by atoms with Gasteiger partial charge in [0, 0.05) is 19.2 Å². The molecule has 0 radical (unpaired) electrons. The van der Waals surface area contributed by atoms with E-state index in [0.717, 1.165) is 25.3 Å². The van der Waals surface area contributed by atoms with Crippen molar-refractivity contribution in [2.45, 2.75) is 39.5 Å². The molecular weight excluding hydrogens is 220 g/mol. The molecule has 0 saturated heterocycles. The van der Waals surface area contributed by atoms with Crippen LogP contribution in [0.2, 0.25) is 0 Å². The lowest BCUT2D eigenvalue weighted by Gasteiger charge is -2.19. The quantitative estimate of drug-likeness (QED) is 0.774. The van der Waals surface area contributed by atoms with Gasteiger partial charge in [0.15, 0.2) is 5.82 Å². The summed E-state index contributed by atoms with van der Waals surface area (Å²) in [6.07, 6.45) is -0.471. The van der Waals surface area contributed by atoms with Crippen LogP contribution in [-0.4, -0.2) is 28.0 Å². The van der Waals surface area contributed by atoms with Crippen LogP contribution < -0.4 is 10.6 Å². The number of rotatable bonds is 1. The average Bonchev–Trinajstić information content (AvgIpc) is 2.55. The molecule has 6 heteroatoms. The minimum atomic E-state index is -0.495. The van der Waals surface area contributed by atoms with Crippen LogP contribution in [0, 0.1) is 0 Å². The molecule has 1 aliphatic heterocycles. The summed E-state index contributed by atoms with van der Waals surface area (Å²) >= 11 is 0. The highest BCUT2D eigenvalue weighted by Gasteiger charge is 2.18. The first-order valence-electron chi connectivity index (χ1n) is 5.71. The van der Waals surface area contributed by atoms with E-state index in [4.69, 9.17) is 4.74 Å². The second-order valence-corrected chi connectivity index (χ2v) is 5.05. The Labute approximate surface area is 100 Å². The molecule has 2 N–H and O–H groups in total. The fourth-order valence-electron chi connectivity index (χ4n) is 1.66. The molecule has 0 bridgehead atoms. The molecule has 0 spiro atoms. The minimum Gasteiger partial charge on any atom is -0.444 e. The molecule has 6 nitrogen and oxygen atoms in total. The number of ether oxygens (including phenoxy) is 1. The molecule has 1 amide bonds. The Hall–Kier alpha value is -1.56. The van der Waals surface area contributed by atoms with Gasteiger partial charge in [-0.15, -0.1) is 0 Å². The second kappa shape index (κ2) is 4.37. The van der Waals surface area contributed by atoms with Gasteiger partial charge in [-0.05, 0) is 20.8 Å². The number of aromatic nitrogens is 2. The van der Waals surface area contributed by atoms with E-state index in [-0.39, 0.29) is 0 Å². The summed E-state index contributed by atoms with van der Waals surface area (Å²) in [4.78, 5) is 11.5. The van der Waals surface area contributed by atoms with Crippen molar-refractivity contribution in [3.8, 4) is 0 Å². The molecule has 94 valence electrons. The number of nitrogens with one attached hydrogen (secondary N) is 2. The van der Waals surface area contributed by atoms with Crippen molar-refractivity contribution in [1.29, 1.82) is 0 Å². The van der Waals surface area contributed by atoms with Gasteiger partial charge in [-0.3, -0.25) is 10.00 Å². The van der Waals surface area contributed by atoms with E-state index in [1.54, 1.807) is 0 Å². The van der Waals surface area contributed by atoms with E-state index in [1.807, 2.05) is 31.5 Å². The predicted molar refractivity (Wildman–Crippen MR) is 63.8 cm³/mol. The van der Waals surface area contributed by atoms with E-state index in [1.165, 1.54) is 0 Å². The zero-order valence-corrected chi connectivity index (χ0v) is 10.4. The molecule has 17 heavy (non-hydrogen) atoms. The van der Waals surface area contributed by atoms with Crippen LogP contribution in [0.4, 0.5) is 10.6 Å². The maximum atomic E-state index is 11.5. The Morgan fingerprint density at radius 3 is 3.00 bits per heavy atom. The third-order valence-electron chi connectivity index (χ3n) is 2.30. The van der Waals surface area contributed by atoms with Gasteiger partial charge < -0.3 is 10.1 Å². The molecule has 1 aliphatic rings. The molecular formula is C11H18N4O2. The SMILES string of the molecule is CC(C)(C)OC(=O)Nc1cc2n(n1)CCNC2. The normalized spacial score (nSPS) is 15.2. The van der Waals surface area contributed by atoms with Gasteiger partial charge in [0.25, 0.3) is 0 Å². The standard InChI is InChI=1S/C11H18N4O2/c1-11(2,3)17-10(16)13-9-6-8-7-12-4-5-15(8)14-9/h6,12H,4-5,7H2,1-3H3,(H,13,14,16). The van der Waals surface area contributed by atoms with Crippen LogP contribution in [0.25, 0.3) is 0 Å². The monoisotopic (exact) mass is 238 g/mol. The van der Waals surface area contributed by atoms with Crippen molar-refractivity contribution >= 4 is 11.9 Å². The van der Waals surface area contributed by atoms with E-state index < -0.39 is 11.7 Å². The van der Waals surface area contributed by atoms with Crippen molar-refractivity contribution in [1.82, 2.24) is 15.1 Å². The lowest BCUT2D eigenvalue weighted by molar-refractivity contribution is 0.0635. The number of amides is 1. The van der Waals surface area contributed by atoms with Crippen LogP contribution in [0.15, 0.2) is 6.07 Å². The van der Waals surface area contributed by atoms with Gasteiger partial charge in [-0.1, -0.05) is 0 Å². The van der Waals surface area contributed by atoms with Crippen molar-refractivity contribution in [2.24, 2.45) is 0 Å². The molecule has 0 saturated carbocycles. The molecule has 0 atom stereocenters. The third-order valence-corrected chi connectivity index (χ3v) is 2.30. The molecule has 1 aromatic rings.